The van der Waals surface area contributed by atoms with Gasteiger partial charge in [-0.2, -0.15) is 0 Å². The number of rotatable bonds is 32. The summed E-state index contributed by atoms with van der Waals surface area (Å²) in [6.45, 7) is 3.78. The van der Waals surface area contributed by atoms with Crippen LogP contribution in [0.1, 0.15) is 174 Å². The molecular weight excluding hydrogens is 610 g/mol. The van der Waals surface area contributed by atoms with Crippen LogP contribution in [0, 0.1) is 0 Å². The van der Waals surface area contributed by atoms with Crippen LogP contribution in [-0.2, 0) is 14.3 Å². The topological polar surface area (TPSA) is 149 Å². The molecule has 7 atom stereocenters. The summed E-state index contributed by atoms with van der Waals surface area (Å²) >= 11 is 0. The minimum atomic E-state index is -1.55. The Balaban J connectivity index is 2.39. The third-order valence-corrected chi connectivity index (χ3v) is 9.62. The van der Waals surface area contributed by atoms with E-state index in [0.29, 0.717) is 12.8 Å². The Morgan fingerprint density at radius 3 is 1.71 bits per heavy atom. The number of hydrogen-bond acceptors (Lipinski definition) is 8. The average molecular weight is 686 g/mol. The first-order valence-corrected chi connectivity index (χ1v) is 19.9. The number of ether oxygens (including phenoxy) is 2. The van der Waals surface area contributed by atoms with Crippen LogP contribution >= 0.6 is 0 Å². The minimum absolute atomic E-state index is 0.137. The predicted octanol–water partition coefficient (Wildman–Crippen LogP) is 7.00. The maximum Gasteiger partial charge on any atom is 0.220 e. The Morgan fingerprint density at radius 1 is 0.688 bits per heavy atom. The number of carbonyl (C=O) groups is 1. The van der Waals surface area contributed by atoms with E-state index in [4.69, 9.17) is 9.47 Å². The van der Waals surface area contributed by atoms with E-state index >= 15 is 0 Å². The lowest BCUT2D eigenvalue weighted by Gasteiger charge is -2.40. The Morgan fingerprint density at radius 2 is 1.17 bits per heavy atom. The van der Waals surface area contributed by atoms with Gasteiger partial charge in [-0.15, -0.1) is 0 Å². The fourth-order valence-electron chi connectivity index (χ4n) is 6.33. The lowest BCUT2D eigenvalue weighted by Crippen LogP contribution is -2.60. The molecule has 1 rings (SSSR count). The molecule has 0 radical (unpaired) electrons. The van der Waals surface area contributed by atoms with Gasteiger partial charge < -0.3 is 40.3 Å². The van der Waals surface area contributed by atoms with Crippen molar-refractivity contribution < 1.29 is 39.8 Å². The summed E-state index contributed by atoms with van der Waals surface area (Å²) in [7, 11) is 0. The molecule has 9 heteroatoms. The minimum Gasteiger partial charge on any atom is -0.394 e. The van der Waals surface area contributed by atoms with Crippen molar-refractivity contribution in [2.24, 2.45) is 0 Å². The highest BCUT2D eigenvalue weighted by Crippen LogP contribution is 2.23. The third kappa shape index (κ3) is 21.9. The summed E-state index contributed by atoms with van der Waals surface area (Å²) < 4.78 is 11.2. The monoisotopic (exact) mass is 686 g/mol. The average Bonchev–Trinajstić information content (AvgIpc) is 3.08. The van der Waals surface area contributed by atoms with Gasteiger partial charge >= 0.3 is 0 Å². The second kappa shape index (κ2) is 30.7. The van der Waals surface area contributed by atoms with Crippen molar-refractivity contribution in [2.75, 3.05) is 13.2 Å². The van der Waals surface area contributed by atoms with E-state index in [1.807, 2.05) is 0 Å². The van der Waals surface area contributed by atoms with Crippen molar-refractivity contribution in [1.82, 2.24) is 5.32 Å². The molecule has 1 saturated heterocycles. The number of carbonyl (C=O) groups excluding carboxylic acids is 1. The van der Waals surface area contributed by atoms with Crippen molar-refractivity contribution in [3.05, 3.63) is 12.2 Å². The van der Waals surface area contributed by atoms with E-state index in [1.54, 1.807) is 0 Å². The molecule has 1 aliphatic rings. The summed E-state index contributed by atoms with van der Waals surface area (Å²) in [5.74, 6) is -0.152. The summed E-state index contributed by atoms with van der Waals surface area (Å²) in [6, 6.07) is -0.714. The van der Waals surface area contributed by atoms with Gasteiger partial charge in [-0.05, 0) is 38.5 Å². The van der Waals surface area contributed by atoms with E-state index in [1.165, 1.54) is 109 Å². The third-order valence-electron chi connectivity index (χ3n) is 9.62. The fraction of sp³-hybridized carbons (Fsp3) is 0.923. The second-order valence-electron chi connectivity index (χ2n) is 14.1. The molecule has 48 heavy (non-hydrogen) atoms. The molecule has 1 fully saturated rings. The van der Waals surface area contributed by atoms with Crippen LogP contribution in [0.15, 0.2) is 12.2 Å². The normalized spacial score (nSPS) is 22.7. The fourth-order valence-corrected chi connectivity index (χ4v) is 6.33. The zero-order valence-corrected chi connectivity index (χ0v) is 30.7. The van der Waals surface area contributed by atoms with Crippen molar-refractivity contribution in [2.45, 2.75) is 217 Å². The van der Waals surface area contributed by atoms with Gasteiger partial charge in [0.15, 0.2) is 6.29 Å². The molecule has 0 aromatic heterocycles. The Labute approximate surface area is 293 Å². The molecule has 0 bridgehead atoms. The largest absolute Gasteiger partial charge is 0.394 e. The molecule has 1 amide bonds. The first kappa shape index (κ1) is 45.0. The van der Waals surface area contributed by atoms with Crippen LogP contribution < -0.4 is 5.32 Å². The van der Waals surface area contributed by atoms with Gasteiger partial charge in [0.05, 0.1) is 25.4 Å². The lowest BCUT2D eigenvalue weighted by molar-refractivity contribution is -0.302. The molecule has 0 spiro atoms. The molecule has 0 aromatic rings. The van der Waals surface area contributed by atoms with E-state index in [-0.39, 0.29) is 12.5 Å². The summed E-state index contributed by atoms with van der Waals surface area (Å²) in [6.07, 6.45) is 25.0. The standard InChI is InChI=1S/C39H75NO8/c1-3-5-7-9-11-13-15-16-17-18-19-21-23-25-27-29-35(43)40-32(31-47-39-38(46)37(45)36(44)34(30-41)48-39)33(42)28-26-24-22-20-14-12-10-8-6-4-2/h13,15,32-34,36-39,41-42,44-46H,3-12,14,16-31H2,1-2H3,(H,40,43)/b15-13-. The lowest BCUT2D eigenvalue weighted by atomic mass is 9.99. The SMILES string of the molecule is CCCCCC/C=C\CCCCCCCCCC(=O)NC(COC1OC(CO)C(O)C(O)C1O)C(O)CCCCCCCCCCCC. The van der Waals surface area contributed by atoms with Crippen molar-refractivity contribution in [3.63, 3.8) is 0 Å². The molecule has 0 aromatic carbocycles. The van der Waals surface area contributed by atoms with Gasteiger partial charge in [-0.1, -0.05) is 142 Å². The summed E-state index contributed by atoms with van der Waals surface area (Å²) in [5, 5.41) is 54.0. The zero-order valence-electron chi connectivity index (χ0n) is 30.7. The first-order valence-electron chi connectivity index (χ1n) is 19.9. The van der Waals surface area contributed by atoms with Gasteiger partial charge in [0.25, 0.3) is 0 Å². The molecule has 1 aliphatic heterocycles. The molecule has 7 unspecified atom stereocenters. The number of amides is 1. The summed E-state index contributed by atoms with van der Waals surface area (Å²) in [5.41, 5.74) is 0. The van der Waals surface area contributed by atoms with Gasteiger partial charge in [-0.3, -0.25) is 4.79 Å². The van der Waals surface area contributed by atoms with Crippen LogP contribution in [0.25, 0.3) is 0 Å². The van der Waals surface area contributed by atoms with E-state index in [0.717, 1.165) is 38.5 Å². The molecule has 9 nitrogen and oxygen atoms in total. The highest BCUT2D eigenvalue weighted by Gasteiger charge is 2.44. The number of nitrogens with one attached hydrogen (secondary N) is 1. The molecule has 284 valence electrons. The number of unbranched alkanes of at least 4 members (excludes halogenated alkanes) is 20. The van der Waals surface area contributed by atoms with Crippen LogP contribution in [0.3, 0.4) is 0 Å². The quantitative estimate of drug-likeness (QED) is 0.0328. The number of hydrogen-bond donors (Lipinski definition) is 6. The Bertz CT molecular complexity index is 766. The number of allylic oxidation sites excluding steroid dienone is 2. The molecule has 0 aliphatic carbocycles. The number of aliphatic hydroxyl groups excluding tert-OH is 5. The van der Waals surface area contributed by atoms with Crippen molar-refractivity contribution in [1.29, 1.82) is 0 Å². The maximum atomic E-state index is 12.9. The van der Waals surface area contributed by atoms with Gasteiger partial charge in [0.2, 0.25) is 5.91 Å². The van der Waals surface area contributed by atoms with Gasteiger partial charge in [-0.25, -0.2) is 0 Å². The molecular formula is C39H75NO8. The number of aliphatic hydroxyl groups is 5. The Kier molecular flexibility index (Phi) is 28.8. The second-order valence-corrected chi connectivity index (χ2v) is 14.1. The Hall–Kier alpha value is -1.07. The van der Waals surface area contributed by atoms with Gasteiger partial charge in [0, 0.05) is 6.42 Å². The van der Waals surface area contributed by atoms with E-state index < -0.39 is 49.5 Å². The van der Waals surface area contributed by atoms with Crippen molar-refractivity contribution in [3.8, 4) is 0 Å². The highest BCUT2D eigenvalue weighted by molar-refractivity contribution is 5.76. The van der Waals surface area contributed by atoms with Crippen LogP contribution in [0.5, 0.6) is 0 Å². The van der Waals surface area contributed by atoms with Crippen LogP contribution in [0.2, 0.25) is 0 Å². The van der Waals surface area contributed by atoms with Gasteiger partial charge in [0.1, 0.15) is 24.4 Å². The highest BCUT2D eigenvalue weighted by atomic mass is 16.7. The first-order chi connectivity index (χ1) is 23.3. The zero-order chi connectivity index (χ0) is 35.2. The smallest absolute Gasteiger partial charge is 0.220 e. The molecule has 6 N–H and O–H groups in total. The van der Waals surface area contributed by atoms with Crippen molar-refractivity contribution >= 4 is 5.91 Å². The molecule has 0 saturated carbocycles. The predicted molar refractivity (Wildman–Crippen MR) is 194 cm³/mol. The van der Waals surface area contributed by atoms with Crippen LogP contribution in [0.4, 0.5) is 0 Å². The maximum absolute atomic E-state index is 12.9. The summed E-state index contributed by atoms with van der Waals surface area (Å²) in [4.78, 5) is 12.9. The van der Waals surface area contributed by atoms with E-state index in [9.17, 15) is 30.3 Å². The van der Waals surface area contributed by atoms with E-state index in [2.05, 4.69) is 31.3 Å². The van der Waals surface area contributed by atoms with Crippen LogP contribution in [-0.4, -0.2) is 87.5 Å². The molecule has 1 heterocycles.